The maximum absolute atomic E-state index is 13.7. The Bertz CT molecular complexity index is 1270. The average molecular weight is 497 g/mol. The Morgan fingerprint density at radius 3 is 2.26 bits per heavy atom. The number of para-hydroxylation sites is 1. The number of hydrogen-bond donors (Lipinski definition) is 1. The van der Waals surface area contributed by atoms with Gasteiger partial charge in [-0.2, -0.15) is 0 Å². The monoisotopic (exact) mass is 496 g/mol. The van der Waals surface area contributed by atoms with Crippen molar-refractivity contribution in [3.8, 4) is 11.5 Å². The van der Waals surface area contributed by atoms with Crippen LogP contribution >= 0.6 is 0 Å². The maximum atomic E-state index is 13.7. The number of aryl methyl sites for hydroxylation is 2. The largest absolute Gasteiger partial charge is 0.493 e. The van der Waals surface area contributed by atoms with Crippen LogP contribution in [0.5, 0.6) is 11.5 Å². The number of nitrogens with one attached hydrogen (secondary N) is 1. The van der Waals surface area contributed by atoms with E-state index in [1.807, 2.05) is 39.0 Å². The SMILES string of the molecule is CCc1ccccc1N(CC(=O)NC(C)c1ccc(OC)c(OC)c1)S(=O)(=O)c1ccc(C)cc1. The third-order valence-electron chi connectivity index (χ3n) is 5.82. The summed E-state index contributed by atoms with van der Waals surface area (Å²) in [6.45, 7) is 5.32. The molecule has 1 atom stereocenters. The van der Waals surface area contributed by atoms with E-state index in [-0.39, 0.29) is 17.5 Å². The van der Waals surface area contributed by atoms with E-state index in [4.69, 9.17) is 9.47 Å². The second kappa shape index (κ2) is 11.3. The Labute approximate surface area is 207 Å². The summed E-state index contributed by atoms with van der Waals surface area (Å²) < 4.78 is 39.2. The van der Waals surface area contributed by atoms with Crippen LogP contribution in [-0.2, 0) is 21.2 Å². The number of nitrogens with zero attached hydrogens (tertiary/aromatic N) is 1. The van der Waals surface area contributed by atoms with E-state index >= 15 is 0 Å². The molecule has 1 unspecified atom stereocenters. The van der Waals surface area contributed by atoms with E-state index < -0.39 is 15.9 Å². The predicted molar refractivity (Wildman–Crippen MR) is 138 cm³/mol. The highest BCUT2D eigenvalue weighted by Gasteiger charge is 2.29. The number of rotatable bonds is 10. The molecule has 186 valence electrons. The molecule has 0 saturated carbocycles. The number of sulfonamides is 1. The van der Waals surface area contributed by atoms with E-state index in [1.165, 1.54) is 4.31 Å². The summed E-state index contributed by atoms with van der Waals surface area (Å²) in [5, 5.41) is 2.91. The van der Waals surface area contributed by atoms with Crippen molar-refractivity contribution >= 4 is 21.6 Å². The van der Waals surface area contributed by atoms with E-state index in [2.05, 4.69) is 5.32 Å². The van der Waals surface area contributed by atoms with Crippen molar-refractivity contribution in [2.45, 2.75) is 38.1 Å². The van der Waals surface area contributed by atoms with Crippen LogP contribution in [0.4, 0.5) is 5.69 Å². The molecule has 35 heavy (non-hydrogen) atoms. The minimum absolute atomic E-state index is 0.134. The zero-order valence-electron chi connectivity index (χ0n) is 20.7. The van der Waals surface area contributed by atoms with Crippen LogP contribution < -0.4 is 19.1 Å². The van der Waals surface area contributed by atoms with Crippen LogP contribution in [0.25, 0.3) is 0 Å². The van der Waals surface area contributed by atoms with E-state index in [0.29, 0.717) is 23.6 Å². The van der Waals surface area contributed by atoms with Crippen LogP contribution in [0.1, 0.15) is 36.6 Å². The van der Waals surface area contributed by atoms with Gasteiger partial charge in [-0.3, -0.25) is 9.10 Å². The van der Waals surface area contributed by atoms with Crippen molar-refractivity contribution in [1.29, 1.82) is 0 Å². The fourth-order valence-corrected chi connectivity index (χ4v) is 5.27. The van der Waals surface area contributed by atoms with Crippen molar-refractivity contribution < 1.29 is 22.7 Å². The highest BCUT2D eigenvalue weighted by atomic mass is 32.2. The summed E-state index contributed by atoms with van der Waals surface area (Å²) in [5.41, 5.74) is 3.08. The smallest absolute Gasteiger partial charge is 0.264 e. The molecule has 0 aromatic heterocycles. The first kappa shape index (κ1) is 26.1. The third kappa shape index (κ3) is 5.95. The predicted octanol–water partition coefficient (Wildman–Crippen LogP) is 4.65. The molecule has 8 heteroatoms. The van der Waals surface area contributed by atoms with Gasteiger partial charge in [0, 0.05) is 0 Å². The average Bonchev–Trinajstić information content (AvgIpc) is 2.86. The van der Waals surface area contributed by atoms with Gasteiger partial charge in [-0.15, -0.1) is 0 Å². The minimum Gasteiger partial charge on any atom is -0.493 e. The molecule has 3 aromatic rings. The number of methoxy groups -OCH3 is 2. The first-order chi connectivity index (χ1) is 16.7. The lowest BCUT2D eigenvalue weighted by molar-refractivity contribution is -0.120. The molecule has 3 rings (SSSR count). The van der Waals surface area contributed by atoms with Crippen molar-refractivity contribution in [3.05, 3.63) is 83.4 Å². The number of carbonyl (C=O) groups excluding carboxylic acids is 1. The molecule has 1 amide bonds. The van der Waals surface area contributed by atoms with Gasteiger partial charge >= 0.3 is 0 Å². The zero-order valence-corrected chi connectivity index (χ0v) is 21.6. The van der Waals surface area contributed by atoms with Crippen molar-refractivity contribution in [2.75, 3.05) is 25.1 Å². The summed E-state index contributed by atoms with van der Waals surface area (Å²) in [5.74, 6) is 0.710. The van der Waals surface area contributed by atoms with Crippen LogP contribution in [0, 0.1) is 6.92 Å². The number of ether oxygens (including phenoxy) is 2. The first-order valence-corrected chi connectivity index (χ1v) is 12.8. The maximum Gasteiger partial charge on any atom is 0.264 e. The molecule has 0 spiro atoms. The van der Waals surface area contributed by atoms with E-state index in [9.17, 15) is 13.2 Å². The molecular weight excluding hydrogens is 464 g/mol. The van der Waals surface area contributed by atoms with Gasteiger partial charge < -0.3 is 14.8 Å². The van der Waals surface area contributed by atoms with Gasteiger partial charge in [0.2, 0.25) is 5.91 Å². The summed E-state index contributed by atoms with van der Waals surface area (Å²) in [6.07, 6.45) is 0.625. The number of amides is 1. The lowest BCUT2D eigenvalue weighted by atomic mass is 10.1. The highest BCUT2D eigenvalue weighted by molar-refractivity contribution is 7.92. The summed E-state index contributed by atoms with van der Waals surface area (Å²) in [6, 6.07) is 18.9. The molecule has 0 aliphatic heterocycles. The Balaban J connectivity index is 1.92. The van der Waals surface area contributed by atoms with Crippen LogP contribution in [0.2, 0.25) is 0 Å². The zero-order chi connectivity index (χ0) is 25.6. The fraction of sp³-hybridized carbons (Fsp3) is 0.296. The lowest BCUT2D eigenvalue weighted by Gasteiger charge is -2.27. The first-order valence-electron chi connectivity index (χ1n) is 11.4. The number of hydrogen-bond acceptors (Lipinski definition) is 5. The molecule has 1 N–H and O–H groups in total. The molecule has 7 nitrogen and oxygen atoms in total. The Kier molecular flexibility index (Phi) is 8.40. The number of anilines is 1. The van der Waals surface area contributed by atoms with Gasteiger partial charge in [0.25, 0.3) is 10.0 Å². The summed E-state index contributed by atoms with van der Waals surface area (Å²) in [7, 11) is -0.882. The van der Waals surface area contributed by atoms with Crippen molar-refractivity contribution in [2.24, 2.45) is 0 Å². The topological polar surface area (TPSA) is 84.9 Å². The molecule has 3 aromatic carbocycles. The molecule has 0 aliphatic carbocycles. The van der Waals surface area contributed by atoms with Gasteiger partial charge in [0.05, 0.1) is 30.8 Å². The summed E-state index contributed by atoms with van der Waals surface area (Å²) >= 11 is 0. The minimum atomic E-state index is -3.98. The van der Waals surface area contributed by atoms with Crippen LogP contribution in [0.15, 0.2) is 71.6 Å². The molecule has 0 fully saturated rings. The van der Waals surface area contributed by atoms with Crippen LogP contribution in [-0.4, -0.2) is 35.1 Å². The van der Waals surface area contributed by atoms with Gasteiger partial charge in [-0.25, -0.2) is 8.42 Å². The molecular formula is C27H32N2O5S. The summed E-state index contributed by atoms with van der Waals surface area (Å²) in [4.78, 5) is 13.3. The van der Waals surface area contributed by atoms with E-state index in [0.717, 1.165) is 16.7 Å². The Hall–Kier alpha value is -3.52. The molecule has 0 radical (unpaired) electrons. The van der Waals surface area contributed by atoms with Gasteiger partial charge in [0.15, 0.2) is 11.5 Å². The quantitative estimate of drug-likeness (QED) is 0.442. The Morgan fingerprint density at radius 1 is 0.971 bits per heavy atom. The molecule has 0 aliphatic rings. The van der Waals surface area contributed by atoms with Gasteiger partial charge in [-0.05, 0) is 61.7 Å². The third-order valence-corrected chi connectivity index (χ3v) is 7.60. The molecule has 0 heterocycles. The normalized spacial score (nSPS) is 12.0. The number of benzene rings is 3. The van der Waals surface area contributed by atoms with Gasteiger partial charge in [0.1, 0.15) is 6.54 Å². The fourth-order valence-electron chi connectivity index (χ4n) is 3.81. The highest BCUT2D eigenvalue weighted by Crippen LogP contribution is 2.30. The second-order valence-corrected chi connectivity index (χ2v) is 10.1. The van der Waals surface area contributed by atoms with Crippen molar-refractivity contribution in [1.82, 2.24) is 5.32 Å². The second-order valence-electron chi connectivity index (χ2n) is 8.21. The standard InChI is InChI=1S/C27H32N2O5S/c1-6-21-9-7-8-10-24(21)29(35(31,32)23-14-11-19(2)12-15-23)18-27(30)28-20(3)22-13-16-25(33-4)26(17-22)34-5/h7-17,20H,6,18H2,1-5H3,(H,28,30). The molecule has 0 saturated heterocycles. The lowest BCUT2D eigenvalue weighted by Crippen LogP contribution is -2.42. The van der Waals surface area contributed by atoms with E-state index in [1.54, 1.807) is 62.8 Å². The molecule has 0 bridgehead atoms. The van der Waals surface area contributed by atoms with Crippen LogP contribution in [0.3, 0.4) is 0 Å². The van der Waals surface area contributed by atoms with Crippen molar-refractivity contribution in [3.63, 3.8) is 0 Å². The Morgan fingerprint density at radius 2 is 1.63 bits per heavy atom. The number of carbonyl (C=O) groups is 1. The van der Waals surface area contributed by atoms with Gasteiger partial charge in [-0.1, -0.05) is 48.9 Å².